The van der Waals surface area contributed by atoms with Crippen LogP contribution in [0.4, 0.5) is 11.8 Å². The predicted octanol–water partition coefficient (Wildman–Crippen LogP) is 2.13. The Hall–Kier alpha value is -2.35. The number of nitrogens with zero attached hydrogens (tertiary/aromatic N) is 1. The van der Waals surface area contributed by atoms with Gasteiger partial charge >= 0.3 is 5.97 Å². The number of unbranched alkanes of at least 4 members (excludes halogenated alkanes) is 3. The fraction of sp³-hybridized carbons (Fsp3) is 0.438. The van der Waals surface area contributed by atoms with Gasteiger partial charge in [-0.3, -0.25) is 9.78 Å². The molecule has 0 radical (unpaired) electrons. The minimum Gasteiger partial charge on any atom is -0.465 e. The highest BCUT2D eigenvalue weighted by molar-refractivity contribution is 7.13. The summed E-state index contributed by atoms with van der Waals surface area (Å²) < 4.78 is 4.70. The van der Waals surface area contributed by atoms with Gasteiger partial charge < -0.3 is 16.2 Å². The van der Waals surface area contributed by atoms with Crippen molar-refractivity contribution in [1.29, 1.82) is 0 Å². The molecule has 0 saturated heterocycles. The molecule has 0 aliphatic rings. The van der Waals surface area contributed by atoms with E-state index in [1.807, 2.05) is 6.07 Å². The van der Waals surface area contributed by atoms with Gasteiger partial charge in [0.25, 0.3) is 5.56 Å². The molecule has 7 nitrogen and oxygen atoms in total. The van der Waals surface area contributed by atoms with Crippen molar-refractivity contribution in [3.8, 4) is 0 Å². The number of esters is 1. The largest absolute Gasteiger partial charge is 0.465 e. The standard InChI is InChI=1S/C16H22N4O3S/c1-23-15(22)12-9-8-10(24-12)6-4-2-3-5-7-11-13(17)19-16(18)20-14(11)21/h8-9H,2-7H2,1H3,(H5,17,18,19,20,21). The molecule has 0 aliphatic heterocycles. The van der Waals surface area contributed by atoms with Crippen molar-refractivity contribution in [1.82, 2.24) is 9.97 Å². The number of thiophene rings is 1. The number of rotatable bonds is 8. The summed E-state index contributed by atoms with van der Waals surface area (Å²) in [6.07, 6.45) is 5.49. The second kappa shape index (κ2) is 8.49. The molecule has 2 aromatic rings. The van der Waals surface area contributed by atoms with Crippen LogP contribution in [0, 0.1) is 0 Å². The van der Waals surface area contributed by atoms with Gasteiger partial charge in [-0.1, -0.05) is 12.8 Å². The Labute approximate surface area is 144 Å². The number of aryl methyl sites for hydroxylation is 1. The van der Waals surface area contributed by atoms with Gasteiger partial charge in [0.05, 0.1) is 12.7 Å². The molecule has 0 fully saturated rings. The van der Waals surface area contributed by atoms with Crippen LogP contribution in [0.15, 0.2) is 16.9 Å². The van der Waals surface area contributed by atoms with E-state index in [2.05, 4.69) is 9.97 Å². The molecule has 0 aliphatic carbocycles. The molecular formula is C16H22N4O3S. The molecule has 24 heavy (non-hydrogen) atoms. The average molecular weight is 350 g/mol. The van der Waals surface area contributed by atoms with Crippen LogP contribution in [-0.2, 0) is 17.6 Å². The molecule has 2 aromatic heterocycles. The topological polar surface area (TPSA) is 124 Å². The fourth-order valence-electron chi connectivity index (χ4n) is 2.45. The van der Waals surface area contributed by atoms with Gasteiger partial charge in [-0.2, -0.15) is 4.98 Å². The number of hydrogen-bond acceptors (Lipinski definition) is 7. The molecule has 2 rings (SSSR count). The van der Waals surface area contributed by atoms with E-state index in [1.165, 1.54) is 23.3 Å². The fourth-order valence-corrected chi connectivity index (χ4v) is 3.42. The molecule has 2 heterocycles. The van der Waals surface area contributed by atoms with Crippen LogP contribution in [0.25, 0.3) is 0 Å². The van der Waals surface area contributed by atoms with E-state index in [0.29, 0.717) is 16.9 Å². The highest BCUT2D eigenvalue weighted by atomic mass is 32.1. The Morgan fingerprint density at radius 1 is 1.21 bits per heavy atom. The van der Waals surface area contributed by atoms with Gasteiger partial charge in [-0.15, -0.1) is 11.3 Å². The van der Waals surface area contributed by atoms with Gasteiger partial charge in [-0.25, -0.2) is 4.79 Å². The van der Waals surface area contributed by atoms with Crippen molar-refractivity contribution in [3.63, 3.8) is 0 Å². The van der Waals surface area contributed by atoms with E-state index < -0.39 is 0 Å². The van der Waals surface area contributed by atoms with Crippen molar-refractivity contribution >= 4 is 29.1 Å². The number of carbonyl (C=O) groups is 1. The van der Waals surface area contributed by atoms with Crippen LogP contribution in [0.2, 0.25) is 0 Å². The van der Waals surface area contributed by atoms with E-state index >= 15 is 0 Å². The summed E-state index contributed by atoms with van der Waals surface area (Å²) in [4.78, 5) is 31.3. The van der Waals surface area contributed by atoms with Crippen molar-refractivity contribution in [2.24, 2.45) is 0 Å². The molecule has 0 spiro atoms. The summed E-state index contributed by atoms with van der Waals surface area (Å²) in [5, 5.41) is 0. The Morgan fingerprint density at radius 2 is 1.92 bits per heavy atom. The van der Waals surface area contributed by atoms with Gasteiger partial charge in [-0.05, 0) is 37.8 Å². The lowest BCUT2D eigenvalue weighted by atomic mass is 10.1. The lowest BCUT2D eigenvalue weighted by Crippen LogP contribution is -2.19. The number of methoxy groups -OCH3 is 1. The van der Waals surface area contributed by atoms with Gasteiger partial charge in [0.2, 0.25) is 5.95 Å². The van der Waals surface area contributed by atoms with E-state index in [0.717, 1.165) is 32.1 Å². The second-order valence-electron chi connectivity index (χ2n) is 5.49. The maximum absolute atomic E-state index is 11.8. The lowest BCUT2D eigenvalue weighted by molar-refractivity contribution is 0.0606. The normalized spacial score (nSPS) is 10.7. The molecule has 8 heteroatoms. The Bertz CT molecular complexity index is 754. The number of anilines is 2. The molecule has 5 N–H and O–H groups in total. The summed E-state index contributed by atoms with van der Waals surface area (Å²) in [5.74, 6) is -0.0279. The van der Waals surface area contributed by atoms with Crippen molar-refractivity contribution in [2.45, 2.75) is 38.5 Å². The molecule has 0 unspecified atom stereocenters. The second-order valence-corrected chi connectivity index (χ2v) is 6.66. The van der Waals surface area contributed by atoms with Gasteiger partial charge in [0.1, 0.15) is 10.7 Å². The molecule has 130 valence electrons. The monoisotopic (exact) mass is 350 g/mol. The molecule has 0 amide bonds. The molecular weight excluding hydrogens is 328 g/mol. The van der Waals surface area contributed by atoms with Gasteiger partial charge in [0.15, 0.2) is 0 Å². The number of aromatic amines is 1. The van der Waals surface area contributed by atoms with Crippen molar-refractivity contribution in [2.75, 3.05) is 18.6 Å². The average Bonchev–Trinajstić information content (AvgIpc) is 3.00. The van der Waals surface area contributed by atoms with E-state index in [4.69, 9.17) is 16.2 Å². The highest BCUT2D eigenvalue weighted by Crippen LogP contribution is 2.20. The first-order valence-corrected chi connectivity index (χ1v) is 8.64. The maximum atomic E-state index is 11.8. The Morgan fingerprint density at radius 3 is 2.58 bits per heavy atom. The number of nitrogens with two attached hydrogens (primary N) is 2. The minimum atomic E-state index is -0.286. The van der Waals surface area contributed by atoms with Crippen LogP contribution in [-0.4, -0.2) is 23.0 Å². The first kappa shape index (κ1) is 18.0. The number of nitrogens with one attached hydrogen (secondary N) is 1. The smallest absolute Gasteiger partial charge is 0.348 e. The summed E-state index contributed by atoms with van der Waals surface area (Å²) in [7, 11) is 1.39. The molecule has 0 atom stereocenters. The predicted molar refractivity (Wildman–Crippen MR) is 95.2 cm³/mol. The van der Waals surface area contributed by atoms with Gasteiger partial charge in [0, 0.05) is 4.88 Å². The maximum Gasteiger partial charge on any atom is 0.348 e. The zero-order chi connectivity index (χ0) is 17.5. The van der Waals surface area contributed by atoms with Crippen molar-refractivity contribution in [3.05, 3.63) is 37.8 Å². The number of nitrogen functional groups attached to an aromatic ring is 2. The SMILES string of the molecule is COC(=O)c1ccc(CCCCCCc2c(N)nc(N)[nH]c2=O)s1. The zero-order valence-corrected chi connectivity index (χ0v) is 14.4. The van der Waals surface area contributed by atoms with Crippen LogP contribution in [0.5, 0.6) is 0 Å². The molecule has 0 bridgehead atoms. The zero-order valence-electron chi connectivity index (χ0n) is 13.6. The summed E-state index contributed by atoms with van der Waals surface area (Å²) in [5.41, 5.74) is 11.4. The summed E-state index contributed by atoms with van der Waals surface area (Å²) in [6, 6.07) is 3.77. The number of carbonyl (C=O) groups excluding carboxylic acids is 1. The van der Waals surface area contributed by atoms with E-state index in [-0.39, 0.29) is 23.3 Å². The first-order chi connectivity index (χ1) is 11.5. The van der Waals surface area contributed by atoms with Crippen LogP contribution < -0.4 is 17.0 Å². The third kappa shape index (κ3) is 4.82. The lowest BCUT2D eigenvalue weighted by Gasteiger charge is -2.04. The third-order valence-electron chi connectivity index (χ3n) is 3.71. The third-order valence-corrected chi connectivity index (χ3v) is 4.84. The number of H-pyrrole nitrogens is 1. The minimum absolute atomic E-state index is 0.0449. The first-order valence-electron chi connectivity index (χ1n) is 7.82. The molecule has 0 aromatic carbocycles. The summed E-state index contributed by atoms with van der Waals surface area (Å²) >= 11 is 1.47. The van der Waals surface area contributed by atoms with Crippen molar-refractivity contribution < 1.29 is 9.53 Å². The number of hydrogen-bond donors (Lipinski definition) is 3. The molecule has 0 saturated carbocycles. The van der Waals surface area contributed by atoms with E-state index in [9.17, 15) is 9.59 Å². The number of aromatic nitrogens is 2. The Balaban J connectivity index is 1.70. The van der Waals surface area contributed by atoms with Crippen LogP contribution >= 0.6 is 11.3 Å². The van der Waals surface area contributed by atoms with Crippen LogP contribution in [0.1, 0.15) is 45.8 Å². The number of ether oxygens (including phenoxy) is 1. The Kier molecular flexibility index (Phi) is 6.36. The van der Waals surface area contributed by atoms with Crippen LogP contribution in [0.3, 0.4) is 0 Å². The summed E-state index contributed by atoms with van der Waals surface area (Å²) in [6.45, 7) is 0. The highest BCUT2D eigenvalue weighted by Gasteiger charge is 2.09. The van der Waals surface area contributed by atoms with E-state index in [1.54, 1.807) is 6.07 Å². The quantitative estimate of drug-likeness (QED) is 0.495.